The lowest BCUT2D eigenvalue weighted by atomic mass is 9.75. The summed E-state index contributed by atoms with van der Waals surface area (Å²) >= 11 is 0. The average molecular weight is 434 g/mol. The molecule has 3 rings (SSSR count). The van der Waals surface area contributed by atoms with E-state index < -0.39 is 0 Å². The van der Waals surface area contributed by atoms with E-state index in [1.807, 2.05) is 6.92 Å². The predicted molar refractivity (Wildman–Crippen MR) is 115 cm³/mol. The van der Waals surface area contributed by atoms with Gasteiger partial charge in [0, 0.05) is 31.6 Å². The molecule has 1 unspecified atom stereocenters. The lowest BCUT2D eigenvalue weighted by Crippen LogP contribution is -2.31. The van der Waals surface area contributed by atoms with Crippen LogP contribution >= 0.6 is 0 Å². The molecule has 31 heavy (non-hydrogen) atoms. The van der Waals surface area contributed by atoms with E-state index in [9.17, 15) is 14.3 Å². The summed E-state index contributed by atoms with van der Waals surface area (Å²) in [6.07, 6.45) is 4.13. The van der Waals surface area contributed by atoms with E-state index in [1.54, 1.807) is 18.2 Å². The van der Waals surface area contributed by atoms with Crippen LogP contribution < -0.4 is 0 Å². The molecule has 6 nitrogen and oxygen atoms in total. The number of Topliss-reactive ketones (excluding diaryl/α,β-unsaturated/α-hetero) is 1. The Morgan fingerprint density at radius 1 is 1.19 bits per heavy atom. The fraction of sp³-hybridized carbons (Fsp3) is 0.583. The van der Waals surface area contributed by atoms with Crippen molar-refractivity contribution < 1.29 is 28.6 Å². The first kappa shape index (κ1) is 23.4. The molecular weight excluding hydrogens is 401 g/mol. The van der Waals surface area contributed by atoms with Gasteiger partial charge in [0.1, 0.15) is 18.2 Å². The number of carbonyl (C=O) groups excluding carboxylic acids is 1. The lowest BCUT2D eigenvalue weighted by Gasteiger charge is -2.33. The number of allylic oxidation sites excluding steroid dienone is 2. The third-order valence-electron chi connectivity index (χ3n) is 5.89. The van der Waals surface area contributed by atoms with Gasteiger partial charge in [0.05, 0.1) is 24.5 Å². The smallest absolute Gasteiger partial charge is 0.168 e. The van der Waals surface area contributed by atoms with Gasteiger partial charge < -0.3 is 19.4 Å². The molecule has 1 atom stereocenters. The van der Waals surface area contributed by atoms with Gasteiger partial charge in [0.25, 0.3) is 0 Å². The van der Waals surface area contributed by atoms with Crippen LogP contribution in [0.3, 0.4) is 0 Å². The normalized spacial score (nSPS) is 20.9. The quantitative estimate of drug-likeness (QED) is 0.328. The Hall–Kier alpha value is -2.25. The molecule has 0 bridgehead atoms. The van der Waals surface area contributed by atoms with E-state index in [0.717, 1.165) is 32.5 Å². The Bertz CT molecular complexity index is 801. The van der Waals surface area contributed by atoms with Crippen LogP contribution in [0, 0.1) is 17.7 Å². The zero-order valence-corrected chi connectivity index (χ0v) is 18.1. The molecular formula is C24H32FNO5. The minimum atomic E-state index is -0.302. The number of hydrogen-bond donors (Lipinski definition) is 1. The summed E-state index contributed by atoms with van der Waals surface area (Å²) in [7, 11) is 0. The number of ether oxygens (including phenoxy) is 2. The summed E-state index contributed by atoms with van der Waals surface area (Å²) in [4.78, 5) is 18.2. The summed E-state index contributed by atoms with van der Waals surface area (Å²) in [5.41, 5.74) is 1.29. The molecule has 0 radical (unpaired) electrons. The summed E-state index contributed by atoms with van der Waals surface area (Å²) < 4.78 is 24.4. The SMILES string of the molecule is CCCC(=NOCCOCc1ccccc1F)C1=C(O)CC(C2CCOCC2)CC1=O. The second kappa shape index (κ2) is 12.0. The van der Waals surface area contributed by atoms with Gasteiger partial charge in [-0.3, -0.25) is 4.79 Å². The fourth-order valence-corrected chi connectivity index (χ4v) is 4.24. The largest absolute Gasteiger partial charge is 0.511 e. The van der Waals surface area contributed by atoms with Crippen molar-refractivity contribution in [2.45, 2.75) is 52.1 Å². The number of halogens is 1. The first-order valence-corrected chi connectivity index (χ1v) is 11.1. The van der Waals surface area contributed by atoms with Gasteiger partial charge in [-0.15, -0.1) is 0 Å². The van der Waals surface area contributed by atoms with Crippen LogP contribution in [-0.4, -0.2) is 43.0 Å². The van der Waals surface area contributed by atoms with E-state index >= 15 is 0 Å². The molecule has 1 fully saturated rings. The number of aliphatic hydroxyl groups excluding tert-OH is 1. The molecule has 1 saturated heterocycles. The van der Waals surface area contributed by atoms with E-state index in [1.165, 1.54) is 6.07 Å². The van der Waals surface area contributed by atoms with Crippen molar-refractivity contribution >= 4 is 11.5 Å². The van der Waals surface area contributed by atoms with Crippen molar-refractivity contribution in [1.82, 2.24) is 0 Å². The standard InChI is InChI=1S/C24H32FNO5/c1-2-5-21(26-31-13-12-30-16-18-6-3-4-7-20(18)25)24-22(27)14-19(15-23(24)28)17-8-10-29-11-9-17/h3-4,6-7,17,19,27H,2,5,8-16H2,1H3. The number of benzene rings is 1. The lowest BCUT2D eigenvalue weighted by molar-refractivity contribution is -0.117. The first-order chi connectivity index (χ1) is 15.1. The third-order valence-corrected chi connectivity index (χ3v) is 5.89. The monoisotopic (exact) mass is 433 g/mol. The highest BCUT2D eigenvalue weighted by molar-refractivity contribution is 6.23. The zero-order valence-electron chi connectivity index (χ0n) is 18.1. The second-order valence-corrected chi connectivity index (χ2v) is 8.13. The zero-order chi connectivity index (χ0) is 22.1. The maximum Gasteiger partial charge on any atom is 0.168 e. The van der Waals surface area contributed by atoms with Crippen molar-refractivity contribution in [1.29, 1.82) is 0 Å². The van der Waals surface area contributed by atoms with Gasteiger partial charge in [-0.1, -0.05) is 36.7 Å². The van der Waals surface area contributed by atoms with Gasteiger partial charge in [-0.05, 0) is 37.2 Å². The van der Waals surface area contributed by atoms with Crippen LogP contribution in [0.5, 0.6) is 0 Å². The maximum absolute atomic E-state index is 13.6. The van der Waals surface area contributed by atoms with Gasteiger partial charge >= 0.3 is 0 Å². The summed E-state index contributed by atoms with van der Waals surface area (Å²) in [6.45, 7) is 4.00. The molecule has 1 N–H and O–H groups in total. The van der Waals surface area contributed by atoms with Crippen molar-refractivity contribution in [3.8, 4) is 0 Å². The number of aliphatic hydroxyl groups is 1. The number of carbonyl (C=O) groups is 1. The molecule has 1 aromatic carbocycles. The topological polar surface area (TPSA) is 77.3 Å². The van der Waals surface area contributed by atoms with Crippen LogP contribution in [0.1, 0.15) is 51.0 Å². The highest BCUT2D eigenvalue weighted by atomic mass is 19.1. The molecule has 7 heteroatoms. The van der Waals surface area contributed by atoms with Crippen LogP contribution in [0.25, 0.3) is 0 Å². The number of nitrogens with zero attached hydrogens (tertiary/aromatic N) is 1. The van der Waals surface area contributed by atoms with Gasteiger partial charge in [0.2, 0.25) is 0 Å². The van der Waals surface area contributed by atoms with Gasteiger partial charge in [-0.25, -0.2) is 4.39 Å². The number of ketones is 1. The van der Waals surface area contributed by atoms with E-state index in [4.69, 9.17) is 14.3 Å². The average Bonchev–Trinajstić information content (AvgIpc) is 2.77. The number of rotatable bonds is 10. The Morgan fingerprint density at radius 3 is 2.68 bits per heavy atom. The molecule has 1 heterocycles. The van der Waals surface area contributed by atoms with Crippen LogP contribution in [0.4, 0.5) is 4.39 Å². The third kappa shape index (κ3) is 6.61. The molecule has 2 aliphatic rings. The number of hydrogen-bond acceptors (Lipinski definition) is 6. The summed E-state index contributed by atoms with van der Waals surface area (Å²) in [5, 5.41) is 14.8. The molecule has 0 aromatic heterocycles. The minimum absolute atomic E-state index is 0.0631. The van der Waals surface area contributed by atoms with Crippen molar-refractivity contribution in [2.75, 3.05) is 26.4 Å². The highest BCUT2D eigenvalue weighted by Gasteiger charge is 2.35. The number of oxime groups is 1. The molecule has 1 aliphatic carbocycles. The van der Waals surface area contributed by atoms with E-state index in [-0.39, 0.29) is 43.1 Å². The minimum Gasteiger partial charge on any atom is -0.511 e. The predicted octanol–water partition coefficient (Wildman–Crippen LogP) is 4.73. The summed E-state index contributed by atoms with van der Waals surface area (Å²) in [5.74, 6) is 0.335. The van der Waals surface area contributed by atoms with Crippen molar-refractivity contribution in [2.24, 2.45) is 17.0 Å². The van der Waals surface area contributed by atoms with Gasteiger partial charge in [-0.2, -0.15) is 0 Å². The molecule has 1 aliphatic heterocycles. The Morgan fingerprint density at radius 2 is 1.97 bits per heavy atom. The van der Waals surface area contributed by atoms with Crippen molar-refractivity contribution in [3.05, 3.63) is 47.0 Å². The molecule has 170 valence electrons. The first-order valence-electron chi connectivity index (χ1n) is 11.1. The van der Waals surface area contributed by atoms with Crippen LogP contribution in [-0.2, 0) is 25.7 Å². The Kier molecular flexibility index (Phi) is 9.03. The van der Waals surface area contributed by atoms with Crippen molar-refractivity contribution in [3.63, 3.8) is 0 Å². The van der Waals surface area contributed by atoms with Gasteiger partial charge in [0.15, 0.2) is 5.78 Å². The molecule has 0 spiro atoms. The summed E-state index contributed by atoms with van der Waals surface area (Å²) in [6, 6.07) is 6.46. The second-order valence-electron chi connectivity index (χ2n) is 8.13. The molecule has 0 amide bonds. The Balaban J connectivity index is 1.54. The Labute approximate surface area is 183 Å². The fourth-order valence-electron chi connectivity index (χ4n) is 4.24. The molecule has 0 saturated carbocycles. The van der Waals surface area contributed by atoms with E-state index in [2.05, 4.69) is 5.16 Å². The maximum atomic E-state index is 13.6. The van der Waals surface area contributed by atoms with E-state index in [0.29, 0.717) is 42.0 Å². The highest BCUT2D eigenvalue weighted by Crippen LogP contribution is 2.36. The van der Waals surface area contributed by atoms with Crippen LogP contribution in [0.15, 0.2) is 40.8 Å². The van der Waals surface area contributed by atoms with Crippen LogP contribution in [0.2, 0.25) is 0 Å². The molecule has 1 aromatic rings.